The van der Waals surface area contributed by atoms with Crippen LogP contribution in [0.1, 0.15) is 0 Å². The monoisotopic (exact) mass is 572 g/mol. The second kappa shape index (κ2) is 10.4. The normalized spacial score (nSPS) is 11.6. The quantitative estimate of drug-likeness (QED) is 0.191. The second-order valence-corrected chi connectivity index (χ2v) is 11.7. The van der Waals surface area contributed by atoms with E-state index in [2.05, 4.69) is 170 Å². The van der Waals surface area contributed by atoms with Gasteiger partial charge in [-0.05, 0) is 96.4 Å². The molecule has 0 spiro atoms. The van der Waals surface area contributed by atoms with Gasteiger partial charge in [0.05, 0.1) is 0 Å². The maximum atomic E-state index is 6.38. The largest absolute Gasteiger partial charge is 0.456 e. The third kappa shape index (κ3) is 4.24. The summed E-state index contributed by atoms with van der Waals surface area (Å²) < 4.78 is 6.38. The van der Waals surface area contributed by atoms with Gasteiger partial charge in [0, 0.05) is 10.8 Å². The van der Waals surface area contributed by atoms with Crippen molar-refractivity contribution < 1.29 is 4.42 Å². The summed E-state index contributed by atoms with van der Waals surface area (Å²) >= 11 is 0. The molecule has 0 amide bonds. The van der Waals surface area contributed by atoms with Crippen molar-refractivity contribution in [3.8, 4) is 44.5 Å². The lowest BCUT2D eigenvalue weighted by Crippen LogP contribution is -1.90. The molecule has 1 heteroatoms. The molecule has 0 unspecified atom stereocenters. The van der Waals surface area contributed by atoms with Crippen molar-refractivity contribution in [2.75, 3.05) is 0 Å². The summed E-state index contributed by atoms with van der Waals surface area (Å²) in [5.74, 6) is 0. The summed E-state index contributed by atoms with van der Waals surface area (Å²) in [4.78, 5) is 0. The third-order valence-electron chi connectivity index (χ3n) is 9.05. The van der Waals surface area contributed by atoms with Crippen LogP contribution in [0.3, 0.4) is 0 Å². The van der Waals surface area contributed by atoms with Crippen molar-refractivity contribution in [3.05, 3.63) is 170 Å². The van der Waals surface area contributed by atoms with Gasteiger partial charge in [-0.3, -0.25) is 0 Å². The van der Waals surface area contributed by atoms with Gasteiger partial charge in [-0.25, -0.2) is 0 Å². The molecule has 0 radical (unpaired) electrons. The molecule has 1 nitrogen and oxygen atoms in total. The molecule has 1 aromatic heterocycles. The smallest absolute Gasteiger partial charge is 0.135 e. The lowest BCUT2D eigenvalue weighted by molar-refractivity contribution is 0.669. The molecular weight excluding hydrogens is 544 g/mol. The summed E-state index contributed by atoms with van der Waals surface area (Å²) in [5, 5.41) is 7.28. The first-order valence-corrected chi connectivity index (χ1v) is 15.4. The fourth-order valence-electron chi connectivity index (χ4n) is 6.98. The Morgan fingerprint density at radius 3 is 1.22 bits per heavy atom. The van der Waals surface area contributed by atoms with E-state index in [1.165, 1.54) is 66.1 Å². The number of furan rings is 1. The molecule has 0 N–H and O–H groups in total. The predicted octanol–water partition coefficient (Wildman–Crippen LogP) is 12.6. The van der Waals surface area contributed by atoms with Crippen LogP contribution >= 0.6 is 0 Å². The molecular formula is C44H28O. The first-order valence-electron chi connectivity index (χ1n) is 15.4. The first-order chi connectivity index (χ1) is 22.3. The van der Waals surface area contributed by atoms with Crippen molar-refractivity contribution in [1.82, 2.24) is 0 Å². The van der Waals surface area contributed by atoms with Gasteiger partial charge in [0.25, 0.3) is 0 Å². The summed E-state index contributed by atoms with van der Waals surface area (Å²) in [6.07, 6.45) is 0. The number of hydrogen-bond acceptors (Lipinski definition) is 1. The lowest BCUT2D eigenvalue weighted by Gasteiger charge is -2.17. The molecule has 0 fully saturated rings. The van der Waals surface area contributed by atoms with Crippen LogP contribution in [-0.4, -0.2) is 0 Å². The number of benzene rings is 8. The van der Waals surface area contributed by atoms with E-state index in [-0.39, 0.29) is 0 Å². The highest BCUT2D eigenvalue weighted by atomic mass is 16.3. The van der Waals surface area contributed by atoms with E-state index in [0.717, 1.165) is 21.9 Å². The van der Waals surface area contributed by atoms with E-state index in [1.54, 1.807) is 0 Å². The standard InChI is InChI=1S/C44H28O/c1-3-12-29(13-4-1)31-16-11-17-32(26-31)33-22-24-41-39(27-33)40-28-34(23-25-42(40)45-41)44-37-20-9-7-18-35(37)43(30-14-5-2-6-15-30)36-19-8-10-21-38(36)44/h1-28H. The molecule has 0 saturated carbocycles. The maximum Gasteiger partial charge on any atom is 0.135 e. The van der Waals surface area contributed by atoms with Gasteiger partial charge in [-0.15, -0.1) is 0 Å². The van der Waals surface area contributed by atoms with Crippen LogP contribution in [0.4, 0.5) is 0 Å². The van der Waals surface area contributed by atoms with Gasteiger partial charge in [0.1, 0.15) is 11.2 Å². The van der Waals surface area contributed by atoms with Crippen molar-refractivity contribution in [2.45, 2.75) is 0 Å². The molecule has 0 aliphatic heterocycles. The highest BCUT2D eigenvalue weighted by molar-refractivity contribution is 6.22. The second-order valence-electron chi connectivity index (χ2n) is 11.7. The highest BCUT2D eigenvalue weighted by Crippen LogP contribution is 2.45. The minimum absolute atomic E-state index is 0.901. The third-order valence-corrected chi connectivity index (χ3v) is 9.05. The number of rotatable bonds is 4. The summed E-state index contributed by atoms with van der Waals surface area (Å²) in [6, 6.07) is 61.0. The Balaban J connectivity index is 1.26. The minimum atomic E-state index is 0.901. The zero-order valence-electron chi connectivity index (χ0n) is 24.6. The molecule has 0 bridgehead atoms. The van der Waals surface area contributed by atoms with Crippen LogP contribution in [0.2, 0.25) is 0 Å². The van der Waals surface area contributed by atoms with Crippen LogP contribution in [0.15, 0.2) is 174 Å². The number of fused-ring (bicyclic) bond motifs is 5. The van der Waals surface area contributed by atoms with E-state index in [1.807, 2.05) is 0 Å². The molecule has 210 valence electrons. The SMILES string of the molecule is c1ccc(-c2cccc(-c3ccc4oc5ccc(-c6c7ccccc7c(-c7ccccc7)c7ccccc67)cc5c4c3)c2)cc1. The molecule has 0 aliphatic carbocycles. The number of hydrogen-bond donors (Lipinski definition) is 0. The Morgan fingerprint density at radius 1 is 0.244 bits per heavy atom. The molecule has 0 aliphatic rings. The molecule has 0 saturated heterocycles. The maximum absolute atomic E-state index is 6.38. The predicted molar refractivity (Wildman–Crippen MR) is 190 cm³/mol. The molecule has 45 heavy (non-hydrogen) atoms. The molecule has 8 aromatic carbocycles. The Bertz CT molecular complexity index is 2460. The van der Waals surface area contributed by atoms with Gasteiger partial charge in [0.2, 0.25) is 0 Å². The Morgan fingerprint density at radius 2 is 0.644 bits per heavy atom. The Hall–Kier alpha value is -5.92. The summed E-state index contributed by atoms with van der Waals surface area (Å²) in [6.45, 7) is 0. The van der Waals surface area contributed by atoms with E-state index in [4.69, 9.17) is 4.42 Å². The van der Waals surface area contributed by atoms with Crippen molar-refractivity contribution in [3.63, 3.8) is 0 Å². The summed E-state index contributed by atoms with van der Waals surface area (Å²) in [7, 11) is 0. The zero-order chi connectivity index (χ0) is 29.7. The van der Waals surface area contributed by atoms with Gasteiger partial charge in [-0.1, -0.05) is 140 Å². The topological polar surface area (TPSA) is 13.1 Å². The Kier molecular flexibility index (Phi) is 5.89. The minimum Gasteiger partial charge on any atom is -0.456 e. The van der Waals surface area contributed by atoms with Crippen molar-refractivity contribution >= 4 is 43.5 Å². The molecule has 9 rings (SSSR count). The van der Waals surface area contributed by atoms with Gasteiger partial charge in [-0.2, -0.15) is 0 Å². The van der Waals surface area contributed by atoms with Crippen LogP contribution in [0.5, 0.6) is 0 Å². The van der Waals surface area contributed by atoms with Crippen molar-refractivity contribution in [1.29, 1.82) is 0 Å². The van der Waals surface area contributed by atoms with Crippen LogP contribution in [0.25, 0.3) is 88.0 Å². The molecule has 9 aromatic rings. The average molecular weight is 573 g/mol. The van der Waals surface area contributed by atoms with Gasteiger partial charge in [0.15, 0.2) is 0 Å². The zero-order valence-corrected chi connectivity index (χ0v) is 24.6. The summed E-state index contributed by atoms with van der Waals surface area (Å²) in [5.41, 5.74) is 11.6. The Labute approximate surface area is 261 Å². The molecule has 0 atom stereocenters. The first kappa shape index (κ1) is 25.6. The van der Waals surface area contributed by atoms with Crippen LogP contribution in [-0.2, 0) is 0 Å². The van der Waals surface area contributed by atoms with E-state index in [9.17, 15) is 0 Å². The van der Waals surface area contributed by atoms with Crippen LogP contribution < -0.4 is 0 Å². The van der Waals surface area contributed by atoms with E-state index in [0.29, 0.717) is 0 Å². The highest BCUT2D eigenvalue weighted by Gasteiger charge is 2.18. The molecule has 1 heterocycles. The van der Waals surface area contributed by atoms with Crippen molar-refractivity contribution in [2.24, 2.45) is 0 Å². The average Bonchev–Trinajstić information content (AvgIpc) is 3.48. The van der Waals surface area contributed by atoms with E-state index >= 15 is 0 Å². The fourth-order valence-corrected chi connectivity index (χ4v) is 6.98. The van der Waals surface area contributed by atoms with Gasteiger partial charge < -0.3 is 4.42 Å². The lowest BCUT2D eigenvalue weighted by atomic mass is 9.86. The van der Waals surface area contributed by atoms with Crippen LogP contribution in [0, 0.1) is 0 Å². The van der Waals surface area contributed by atoms with Gasteiger partial charge >= 0.3 is 0 Å². The van der Waals surface area contributed by atoms with E-state index < -0.39 is 0 Å². The fraction of sp³-hybridized carbons (Fsp3) is 0.